The number of benzene rings is 1. The molecule has 0 bridgehead atoms. The molecular weight excluding hydrogens is 475 g/mol. The van der Waals surface area contributed by atoms with Crippen LogP contribution in [0.2, 0.25) is 0 Å². The van der Waals surface area contributed by atoms with Gasteiger partial charge in [-0.05, 0) is 71.6 Å². The highest BCUT2D eigenvalue weighted by molar-refractivity contribution is 5.69. The van der Waals surface area contributed by atoms with Crippen molar-refractivity contribution in [1.82, 2.24) is 5.32 Å². The van der Waals surface area contributed by atoms with Gasteiger partial charge in [-0.15, -0.1) is 5.92 Å². The Morgan fingerprint density at radius 3 is 2.33 bits per heavy atom. The van der Waals surface area contributed by atoms with Gasteiger partial charge in [0.25, 0.3) is 0 Å². The van der Waals surface area contributed by atoms with Crippen molar-refractivity contribution < 1.29 is 36.9 Å². The molecule has 1 aromatic rings. The lowest BCUT2D eigenvalue weighted by molar-refractivity contribution is -0.271. The number of halogens is 3. The number of rotatable bonds is 8. The second kappa shape index (κ2) is 12.2. The fourth-order valence-electron chi connectivity index (χ4n) is 3.48. The standard InChI is InChI=1S/C27H38F3NO5/c1-7-8-9-10-11-16-33-22-13-12-20(17-21(22)27(28,29)30)14-15-26(18-34-25(5,6)35-19-26)31-23(32)36-24(2,3)4/h12-13,17H,7-8,11,14-16,18-19H2,1-6H3,(H,31,32). The molecule has 0 atom stereocenters. The normalized spacial score (nSPS) is 17.0. The zero-order chi connectivity index (χ0) is 27.0. The fraction of sp³-hybridized carbons (Fsp3) is 0.667. The number of carbonyl (C=O) groups is 1. The average molecular weight is 514 g/mol. The van der Waals surface area contributed by atoms with Crippen LogP contribution < -0.4 is 10.1 Å². The molecular formula is C27H38F3NO5. The van der Waals surface area contributed by atoms with Gasteiger partial charge in [0.05, 0.1) is 30.9 Å². The summed E-state index contributed by atoms with van der Waals surface area (Å²) in [5.74, 6) is 4.79. The number of hydrogen-bond acceptors (Lipinski definition) is 5. The van der Waals surface area contributed by atoms with Gasteiger partial charge in [-0.2, -0.15) is 13.2 Å². The number of unbranched alkanes of at least 4 members (excludes halogenated alkanes) is 1. The third kappa shape index (κ3) is 9.90. The molecule has 0 saturated carbocycles. The van der Waals surface area contributed by atoms with Crippen LogP contribution in [0.5, 0.6) is 5.75 Å². The van der Waals surface area contributed by atoms with Crippen LogP contribution in [0, 0.1) is 11.8 Å². The molecule has 0 radical (unpaired) electrons. The monoisotopic (exact) mass is 513 g/mol. The lowest BCUT2D eigenvalue weighted by Crippen LogP contribution is -2.61. The van der Waals surface area contributed by atoms with Gasteiger partial charge in [0, 0.05) is 12.8 Å². The van der Waals surface area contributed by atoms with Gasteiger partial charge in [-0.1, -0.05) is 18.9 Å². The van der Waals surface area contributed by atoms with Crippen LogP contribution in [0.25, 0.3) is 0 Å². The van der Waals surface area contributed by atoms with Crippen LogP contribution in [0.4, 0.5) is 18.0 Å². The summed E-state index contributed by atoms with van der Waals surface area (Å²) in [4.78, 5) is 12.5. The number of hydrogen-bond donors (Lipinski definition) is 1. The molecule has 36 heavy (non-hydrogen) atoms. The first-order valence-electron chi connectivity index (χ1n) is 12.2. The van der Waals surface area contributed by atoms with Crippen LogP contribution in [-0.4, -0.2) is 42.8 Å². The van der Waals surface area contributed by atoms with E-state index in [1.165, 1.54) is 6.07 Å². The summed E-state index contributed by atoms with van der Waals surface area (Å²) in [5, 5.41) is 2.83. The van der Waals surface area contributed by atoms with Crippen molar-refractivity contribution in [3.63, 3.8) is 0 Å². The van der Waals surface area contributed by atoms with E-state index in [9.17, 15) is 18.0 Å². The van der Waals surface area contributed by atoms with E-state index in [0.717, 1.165) is 18.9 Å². The Morgan fingerprint density at radius 1 is 1.11 bits per heavy atom. The zero-order valence-electron chi connectivity index (χ0n) is 22.1. The summed E-state index contributed by atoms with van der Waals surface area (Å²) >= 11 is 0. The second-order valence-corrected chi connectivity index (χ2v) is 10.4. The number of alkyl carbamates (subject to hydrolysis) is 1. The van der Waals surface area contributed by atoms with Gasteiger partial charge >= 0.3 is 12.3 Å². The van der Waals surface area contributed by atoms with Crippen LogP contribution >= 0.6 is 0 Å². The molecule has 0 unspecified atom stereocenters. The van der Waals surface area contributed by atoms with Crippen LogP contribution in [-0.2, 0) is 26.8 Å². The summed E-state index contributed by atoms with van der Waals surface area (Å²) in [5.41, 5.74) is -2.05. The molecule has 0 spiro atoms. The maximum absolute atomic E-state index is 13.8. The Balaban J connectivity index is 2.15. The predicted octanol–water partition coefficient (Wildman–Crippen LogP) is 6.26. The first-order chi connectivity index (χ1) is 16.6. The fourth-order valence-corrected chi connectivity index (χ4v) is 3.48. The molecule has 1 saturated heterocycles. The van der Waals surface area contributed by atoms with Crippen molar-refractivity contribution in [1.29, 1.82) is 0 Å². The van der Waals surface area contributed by atoms with Crippen LogP contribution in [0.1, 0.15) is 78.4 Å². The molecule has 1 fully saturated rings. The first kappa shape index (κ1) is 29.8. The SMILES string of the molecule is CCCC#CCCOc1ccc(CCC2(NC(=O)OC(C)(C)C)COC(C)(C)OC2)cc1C(F)(F)F. The molecule has 1 aliphatic rings. The van der Waals surface area contributed by atoms with Gasteiger partial charge in [-0.3, -0.25) is 0 Å². The van der Waals surface area contributed by atoms with Gasteiger partial charge in [0.15, 0.2) is 5.79 Å². The number of carbonyl (C=O) groups excluding carboxylic acids is 1. The minimum atomic E-state index is -4.58. The summed E-state index contributed by atoms with van der Waals surface area (Å²) in [6.07, 6.45) is -2.66. The van der Waals surface area contributed by atoms with E-state index in [1.54, 1.807) is 40.7 Å². The van der Waals surface area contributed by atoms with Crippen molar-refractivity contribution in [3.8, 4) is 17.6 Å². The maximum Gasteiger partial charge on any atom is 0.419 e. The Labute approximate surface area is 212 Å². The molecule has 9 heteroatoms. The van der Waals surface area contributed by atoms with Crippen molar-refractivity contribution in [2.75, 3.05) is 19.8 Å². The Kier molecular flexibility index (Phi) is 10.1. The van der Waals surface area contributed by atoms with Crippen molar-refractivity contribution in [2.45, 2.75) is 96.7 Å². The second-order valence-electron chi connectivity index (χ2n) is 10.4. The molecule has 2 rings (SSSR count). The molecule has 1 aliphatic heterocycles. The number of nitrogens with one attached hydrogen (secondary N) is 1. The summed E-state index contributed by atoms with van der Waals surface area (Å²) in [6, 6.07) is 4.03. The first-order valence-corrected chi connectivity index (χ1v) is 12.2. The highest BCUT2D eigenvalue weighted by Crippen LogP contribution is 2.37. The van der Waals surface area contributed by atoms with E-state index in [4.69, 9.17) is 18.9 Å². The van der Waals surface area contributed by atoms with Gasteiger partial charge in [0.2, 0.25) is 0 Å². The minimum absolute atomic E-state index is 0.0759. The topological polar surface area (TPSA) is 66.0 Å². The van der Waals surface area contributed by atoms with Crippen LogP contribution in [0.15, 0.2) is 18.2 Å². The summed E-state index contributed by atoms with van der Waals surface area (Å²) in [7, 11) is 0. The van der Waals surface area contributed by atoms with Crippen molar-refractivity contribution in [2.24, 2.45) is 0 Å². The lowest BCUT2D eigenvalue weighted by Gasteiger charge is -2.44. The Bertz CT molecular complexity index is 931. The van der Waals surface area contributed by atoms with E-state index >= 15 is 0 Å². The van der Waals surface area contributed by atoms with Gasteiger partial charge in [0.1, 0.15) is 11.4 Å². The summed E-state index contributed by atoms with van der Waals surface area (Å²) in [6.45, 7) is 11.1. The average Bonchev–Trinajstić information content (AvgIpc) is 2.75. The number of alkyl halides is 3. The quantitative estimate of drug-likeness (QED) is 0.329. The molecule has 0 aliphatic carbocycles. The van der Waals surface area contributed by atoms with Gasteiger partial charge in [-0.25, -0.2) is 4.79 Å². The molecule has 6 nitrogen and oxygen atoms in total. The molecule has 0 aromatic heterocycles. The molecule has 1 amide bonds. The van der Waals surface area contributed by atoms with Crippen molar-refractivity contribution >= 4 is 6.09 Å². The number of ether oxygens (including phenoxy) is 4. The predicted molar refractivity (Wildman–Crippen MR) is 131 cm³/mol. The highest BCUT2D eigenvalue weighted by atomic mass is 19.4. The Hall–Kier alpha value is -2.44. The highest BCUT2D eigenvalue weighted by Gasteiger charge is 2.42. The smallest absolute Gasteiger partial charge is 0.419 e. The lowest BCUT2D eigenvalue weighted by atomic mass is 9.91. The maximum atomic E-state index is 13.8. The third-order valence-electron chi connectivity index (χ3n) is 5.38. The molecule has 202 valence electrons. The minimum Gasteiger partial charge on any atom is -0.492 e. The number of amides is 1. The van der Waals surface area contributed by atoms with Gasteiger partial charge < -0.3 is 24.3 Å². The zero-order valence-corrected chi connectivity index (χ0v) is 22.1. The van der Waals surface area contributed by atoms with Crippen LogP contribution in [0.3, 0.4) is 0 Å². The van der Waals surface area contributed by atoms with Crippen molar-refractivity contribution in [3.05, 3.63) is 29.3 Å². The Morgan fingerprint density at radius 2 is 1.75 bits per heavy atom. The molecule has 1 aromatic carbocycles. The number of aryl methyl sites for hydroxylation is 1. The molecule has 1 N–H and O–H groups in total. The van der Waals surface area contributed by atoms with E-state index < -0.39 is 34.8 Å². The third-order valence-corrected chi connectivity index (χ3v) is 5.38. The van der Waals surface area contributed by atoms with E-state index in [1.807, 2.05) is 6.92 Å². The molecule has 1 heterocycles. The summed E-state index contributed by atoms with van der Waals surface area (Å²) < 4.78 is 63.6. The van der Waals surface area contributed by atoms with E-state index in [2.05, 4.69) is 17.2 Å². The van der Waals surface area contributed by atoms with E-state index in [0.29, 0.717) is 12.0 Å². The largest absolute Gasteiger partial charge is 0.492 e. The van der Waals surface area contributed by atoms with E-state index in [-0.39, 0.29) is 38.4 Å².